The fourth-order valence-electron chi connectivity index (χ4n) is 8.32. The van der Waals surface area contributed by atoms with Crippen LogP contribution < -0.4 is 0 Å². The molecule has 0 amide bonds. The van der Waals surface area contributed by atoms with Gasteiger partial charge in [0.05, 0.1) is 6.10 Å². The van der Waals surface area contributed by atoms with Crippen molar-refractivity contribution < 1.29 is 9.90 Å². The van der Waals surface area contributed by atoms with Gasteiger partial charge >= 0.3 is 0 Å². The van der Waals surface area contributed by atoms with Crippen LogP contribution in [0.15, 0.2) is 11.6 Å². The predicted octanol–water partition coefficient (Wildman–Crippen LogP) is 5.15. The molecule has 2 heteroatoms. The Morgan fingerprint density at radius 3 is 2.52 bits per heavy atom. The smallest absolute Gasteiger partial charge is 0.133 e. The molecule has 3 saturated carbocycles. The molecule has 0 aliphatic heterocycles. The van der Waals surface area contributed by atoms with Crippen LogP contribution in [0.2, 0.25) is 0 Å². The van der Waals surface area contributed by atoms with Crippen LogP contribution in [0.3, 0.4) is 0 Å². The summed E-state index contributed by atoms with van der Waals surface area (Å²) in [5.74, 6) is 2.78. The molecule has 25 heavy (non-hydrogen) atoms. The minimum Gasteiger partial charge on any atom is -0.393 e. The zero-order valence-corrected chi connectivity index (χ0v) is 16.8. The maximum absolute atomic E-state index is 12.6. The van der Waals surface area contributed by atoms with E-state index in [4.69, 9.17) is 0 Å². The van der Waals surface area contributed by atoms with E-state index < -0.39 is 0 Å². The Bertz CT molecular complexity index is 618. The molecule has 0 aromatic heterocycles. The number of hydrogen-bond donors (Lipinski definition) is 1. The molecule has 0 bridgehead atoms. The second-order valence-electron chi connectivity index (χ2n) is 10.9. The summed E-state index contributed by atoms with van der Waals surface area (Å²) in [6, 6.07) is 0. The molecule has 4 aliphatic carbocycles. The van der Waals surface area contributed by atoms with E-state index in [0.29, 0.717) is 17.1 Å². The number of allylic oxidation sites excluding steroid dienone is 1. The molecule has 3 fully saturated rings. The summed E-state index contributed by atoms with van der Waals surface area (Å²) in [6.07, 6.45) is 10.2. The lowest BCUT2D eigenvalue weighted by molar-refractivity contribution is -0.130. The first kappa shape index (κ1) is 17.8. The van der Waals surface area contributed by atoms with E-state index in [1.165, 1.54) is 31.3 Å². The summed E-state index contributed by atoms with van der Waals surface area (Å²) in [5, 5.41) is 10.1. The van der Waals surface area contributed by atoms with Gasteiger partial charge < -0.3 is 5.11 Å². The number of rotatable bonds is 1. The number of hydrogen-bond acceptors (Lipinski definition) is 2. The maximum atomic E-state index is 12.6. The first-order chi connectivity index (χ1) is 11.6. The number of carbonyl (C=O) groups is 1. The Morgan fingerprint density at radius 1 is 1.12 bits per heavy atom. The molecular weight excluding hydrogens is 308 g/mol. The van der Waals surface area contributed by atoms with Crippen LogP contribution in [0.25, 0.3) is 0 Å². The Balaban J connectivity index is 1.71. The van der Waals surface area contributed by atoms with Crippen molar-refractivity contribution in [2.75, 3.05) is 0 Å². The average Bonchev–Trinajstić information content (AvgIpc) is 2.73. The Labute approximate surface area is 153 Å². The molecule has 7 atom stereocenters. The topological polar surface area (TPSA) is 37.3 Å². The quantitative estimate of drug-likeness (QED) is 0.668. The number of carbonyl (C=O) groups excluding carboxylic acids is 1. The molecule has 4 rings (SSSR count). The average molecular weight is 345 g/mol. The molecule has 4 aliphatic rings. The van der Waals surface area contributed by atoms with Gasteiger partial charge in [-0.15, -0.1) is 0 Å². The Hall–Kier alpha value is -0.630. The van der Waals surface area contributed by atoms with Crippen molar-refractivity contribution in [1.29, 1.82) is 0 Å². The van der Waals surface area contributed by atoms with E-state index in [1.54, 1.807) is 0 Å². The van der Waals surface area contributed by atoms with Crippen LogP contribution in [-0.2, 0) is 4.79 Å². The standard InChI is InChI=1S/C23H36O2/c1-14(24)20-21(2,3)13-19-17-7-6-15-12-16(25)8-10-22(15,4)18(17)9-11-23(19,20)5/h6,16-20,25H,7-13H2,1-5H3/t16-,17?,18?,19?,20-,22-,23-/m0/s1. The number of fused-ring (bicyclic) bond motifs is 5. The fourth-order valence-corrected chi connectivity index (χ4v) is 8.32. The van der Waals surface area contributed by atoms with Gasteiger partial charge in [-0.3, -0.25) is 4.79 Å². The van der Waals surface area contributed by atoms with Gasteiger partial charge in [0.2, 0.25) is 0 Å². The lowest BCUT2D eigenvalue weighted by Crippen LogP contribution is -2.51. The highest BCUT2D eigenvalue weighted by atomic mass is 16.3. The molecule has 0 aromatic carbocycles. The number of aliphatic hydroxyl groups is 1. The largest absolute Gasteiger partial charge is 0.393 e. The third-order valence-corrected chi connectivity index (χ3v) is 9.11. The first-order valence-electron chi connectivity index (χ1n) is 10.5. The highest BCUT2D eigenvalue weighted by molar-refractivity contribution is 5.80. The molecule has 1 N–H and O–H groups in total. The molecule has 140 valence electrons. The highest BCUT2D eigenvalue weighted by Gasteiger charge is 2.64. The summed E-state index contributed by atoms with van der Waals surface area (Å²) in [6.45, 7) is 11.4. The van der Waals surface area contributed by atoms with Crippen molar-refractivity contribution in [2.45, 2.75) is 85.7 Å². The van der Waals surface area contributed by atoms with Crippen LogP contribution >= 0.6 is 0 Å². The zero-order valence-electron chi connectivity index (χ0n) is 16.8. The second-order valence-corrected chi connectivity index (χ2v) is 10.9. The number of aliphatic hydroxyl groups excluding tert-OH is 1. The van der Waals surface area contributed by atoms with Gasteiger partial charge in [0.25, 0.3) is 0 Å². The highest BCUT2D eigenvalue weighted by Crippen LogP contribution is 2.69. The summed E-state index contributed by atoms with van der Waals surface area (Å²) in [5.41, 5.74) is 2.15. The lowest BCUT2D eigenvalue weighted by Gasteiger charge is -2.57. The third-order valence-electron chi connectivity index (χ3n) is 9.11. The minimum absolute atomic E-state index is 0.128. The molecule has 2 nitrogen and oxygen atoms in total. The summed E-state index contributed by atoms with van der Waals surface area (Å²) >= 11 is 0. The monoisotopic (exact) mass is 344 g/mol. The third kappa shape index (κ3) is 2.35. The molecule has 0 spiro atoms. The van der Waals surface area contributed by atoms with Crippen LogP contribution in [0, 0.1) is 39.9 Å². The van der Waals surface area contributed by atoms with Crippen LogP contribution in [-0.4, -0.2) is 17.0 Å². The normalized spacial score (nSPS) is 51.1. The number of ketones is 1. The number of Topliss-reactive ketones (excluding diaryl/α,β-unsaturated/α-hetero) is 1. The lowest BCUT2D eigenvalue weighted by atomic mass is 9.47. The van der Waals surface area contributed by atoms with Crippen molar-refractivity contribution in [3.8, 4) is 0 Å². The summed E-state index contributed by atoms with van der Waals surface area (Å²) in [4.78, 5) is 12.6. The summed E-state index contributed by atoms with van der Waals surface area (Å²) in [7, 11) is 0. The van der Waals surface area contributed by atoms with Gasteiger partial charge in [-0.2, -0.15) is 0 Å². The van der Waals surface area contributed by atoms with E-state index in [2.05, 4.69) is 33.8 Å². The van der Waals surface area contributed by atoms with Gasteiger partial charge in [-0.05, 0) is 85.9 Å². The molecule has 0 heterocycles. The van der Waals surface area contributed by atoms with Crippen molar-refractivity contribution in [3.63, 3.8) is 0 Å². The zero-order chi connectivity index (χ0) is 18.2. The molecule has 0 saturated heterocycles. The molecule has 0 aromatic rings. The van der Waals surface area contributed by atoms with Gasteiger partial charge in [-0.25, -0.2) is 0 Å². The van der Waals surface area contributed by atoms with Crippen LogP contribution in [0.4, 0.5) is 0 Å². The Morgan fingerprint density at radius 2 is 1.84 bits per heavy atom. The molecule has 0 radical (unpaired) electrons. The fraction of sp³-hybridized carbons (Fsp3) is 0.870. The summed E-state index contributed by atoms with van der Waals surface area (Å²) < 4.78 is 0. The Kier molecular flexibility index (Phi) is 3.87. The van der Waals surface area contributed by atoms with Crippen molar-refractivity contribution >= 4 is 5.78 Å². The van der Waals surface area contributed by atoms with Gasteiger partial charge in [0.15, 0.2) is 0 Å². The van der Waals surface area contributed by atoms with Crippen LogP contribution in [0.5, 0.6) is 0 Å². The molecular formula is C23H36O2. The van der Waals surface area contributed by atoms with Crippen LogP contribution in [0.1, 0.15) is 79.6 Å². The minimum atomic E-state index is -0.128. The van der Waals surface area contributed by atoms with Crippen molar-refractivity contribution in [2.24, 2.45) is 39.9 Å². The van der Waals surface area contributed by atoms with Gasteiger partial charge in [-0.1, -0.05) is 39.3 Å². The molecule has 3 unspecified atom stereocenters. The first-order valence-corrected chi connectivity index (χ1v) is 10.5. The van der Waals surface area contributed by atoms with Gasteiger partial charge in [0, 0.05) is 5.92 Å². The van der Waals surface area contributed by atoms with Crippen molar-refractivity contribution in [1.82, 2.24) is 0 Å². The van der Waals surface area contributed by atoms with E-state index in [9.17, 15) is 9.90 Å². The van der Waals surface area contributed by atoms with Crippen molar-refractivity contribution in [3.05, 3.63) is 11.6 Å². The van der Waals surface area contributed by atoms with E-state index >= 15 is 0 Å². The van der Waals surface area contributed by atoms with E-state index in [-0.39, 0.29) is 22.9 Å². The SMILES string of the molecule is CC(=O)[C@H]1C(C)(C)CC2C3CC=C4C[C@@H](O)CC[C@]4(C)C3CC[C@@]21C. The predicted molar refractivity (Wildman–Crippen MR) is 101 cm³/mol. The van der Waals surface area contributed by atoms with Gasteiger partial charge in [0.1, 0.15) is 5.78 Å². The van der Waals surface area contributed by atoms with E-state index in [1.807, 2.05) is 6.92 Å². The van der Waals surface area contributed by atoms with E-state index in [0.717, 1.165) is 31.1 Å². The second kappa shape index (κ2) is 5.44. The maximum Gasteiger partial charge on any atom is 0.133 e.